The van der Waals surface area contributed by atoms with Crippen molar-refractivity contribution in [3.63, 3.8) is 0 Å². The molecule has 1 aliphatic heterocycles. The third kappa shape index (κ3) is 2.58. The molecule has 104 valence electrons. The van der Waals surface area contributed by atoms with Crippen LogP contribution in [0.1, 0.15) is 24.0 Å². The maximum Gasteiger partial charge on any atom is 0.137 e. The lowest BCUT2D eigenvalue weighted by molar-refractivity contribution is 0.755. The Balaban J connectivity index is 2.10. The van der Waals surface area contributed by atoms with E-state index < -0.39 is 0 Å². The molecule has 1 aliphatic rings. The van der Waals surface area contributed by atoms with Crippen molar-refractivity contribution < 1.29 is 0 Å². The van der Waals surface area contributed by atoms with Crippen LogP contribution in [0.4, 0.5) is 11.5 Å². The molecule has 0 saturated carbocycles. The summed E-state index contributed by atoms with van der Waals surface area (Å²) in [6.45, 7) is 1.50. The average Bonchev–Trinajstić information content (AvgIpc) is 2.69. The maximum absolute atomic E-state index is 5.90. The molecule has 0 spiro atoms. The van der Waals surface area contributed by atoms with Crippen LogP contribution in [0.5, 0.6) is 0 Å². The first-order valence-electron chi connectivity index (χ1n) is 6.99. The van der Waals surface area contributed by atoms with E-state index in [0.29, 0.717) is 6.54 Å². The molecule has 2 aromatic rings. The number of nitrogens with zero attached hydrogens (tertiary/aromatic N) is 2. The molecular weight excluding hydrogens is 314 g/mol. The van der Waals surface area contributed by atoms with Gasteiger partial charge in [-0.25, -0.2) is 4.98 Å². The monoisotopic (exact) mass is 331 g/mol. The smallest absolute Gasteiger partial charge is 0.137 e. The summed E-state index contributed by atoms with van der Waals surface area (Å²) in [4.78, 5) is 6.93. The molecule has 3 nitrogen and oxygen atoms in total. The Morgan fingerprint density at radius 2 is 2.10 bits per heavy atom. The molecule has 0 fully saturated rings. The van der Waals surface area contributed by atoms with Gasteiger partial charge in [0, 0.05) is 35.0 Å². The van der Waals surface area contributed by atoms with E-state index in [9.17, 15) is 0 Å². The number of halogens is 1. The molecule has 2 N–H and O–H groups in total. The average molecular weight is 332 g/mol. The quantitative estimate of drug-likeness (QED) is 0.910. The first-order valence-corrected chi connectivity index (χ1v) is 7.79. The first-order chi connectivity index (χ1) is 9.79. The number of nitrogens with two attached hydrogens (primary N) is 1. The Morgan fingerprint density at radius 3 is 2.95 bits per heavy atom. The minimum Gasteiger partial charge on any atom is -0.326 e. The SMILES string of the molecule is NCc1cc(Br)cnc1N1CCCCc2ccccc21. The topological polar surface area (TPSA) is 42.1 Å². The molecule has 0 aliphatic carbocycles. The molecule has 0 unspecified atom stereocenters. The van der Waals surface area contributed by atoms with Gasteiger partial charge < -0.3 is 10.6 Å². The second-order valence-corrected chi connectivity index (χ2v) is 5.99. The van der Waals surface area contributed by atoms with Crippen molar-refractivity contribution in [1.82, 2.24) is 4.98 Å². The van der Waals surface area contributed by atoms with E-state index >= 15 is 0 Å². The number of benzene rings is 1. The second kappa shape index (κ2) is 5.94. The normalized spacial score (nSPS) is 14.8. The van der Waals surface area contributed by atoms with Crippen LogP contribution in [0.25, 0.3) is 0 Å². The first kappa shape index (κ1) is 13.6. The van der Waals surface area contributed by atoms with E-state index in [-0.39, 0.29) is 0 Å². The summed E-state index contributed by atoms with van der Waals surface area (Å²) in [6, 6.07) is 10.7. The number of aryl methyl sites for hydroxylation is 1. The number of hydrogen-bond donors (Lipinski definition) is 1. The Hall–Kier alpha value is -1.39. The summed E-state index contributed by atoms with van der Waals surface area (Å²) in [7, 11) is 0. The fourth-order valence-electron chi connectivity index (χ4n) is 2.78. The Labute approximate surface area is 127 Å². The molecule has 4 heteroatoms. The Morgan fingerprint density at radius 1 is 1.25 bits per heavy atom. The summed E-state index contributed by atoms with van der Waals surface area (Å²) in [6.07, 6.45) is 5.39. The van der Waals surface area contributed by atoms with E-state index in [4.69, 9.17) is 5.73 Å². The molecule has 0 bridgehead atoms. The van der Waals surface area contributed by atoms with Crippen molar-refractivity contribution in [1.29, 1.82) is 0 Å². The lowest BCUT2D eigenvalue weighted by atomic mass is 10.1. The summed E-state index contributed by atoms with van der Waals surface area (Å²) in [5, 5.41) is 0. The largest absolute Gasteiger partial charge is 0.326 e. The van der Waals surface area contributed by atoms with Crippen LogP contribution < -0.4 is 10.6 Å². The van der Waals surface area contributed by atoms with Gasteiger partial charge >= 0.3 is 0 Å². The van der Waals surface area contributed by atoms with E-state index in [0.717, 1.165) is 28.8 Å². The number of aromatic nitrogens is 1. The predicted octanol–water partition coefficient (Wildman–Crippen LogP) is 3.78. The molecule has 1 aromatic heterocycles. The standard InChI is InChI=1S/C16H18BrN3/c17-14-9-13(10-18)16(19-11-14)20-8-4-3-6-12-5-1-2-7-15(12)20/h1-2,5,7,9,11H,3-4,6,8,10,18H2. The molecule has 0 atom stereocenters. The third-order valence-corrected chi connectivity index (χ3v) is 4.18. The maximum atomic E-state index is 5.90. The minimum atomic E-state index is 0.500. The Kier molecular flexibility index (Phi) is 4.03. The van der Waals surface area contributed by atoms with Crippen molar-refractivity contribution >= 4 is 27.4 Å². The van der Waals surface area contributed by atoms with Crippen LogP contribution in [0.15, 0.2) is 41.0 Å². The Bertz CT molecular complexity index is 612. The van der Waals surface area contributed by atoms with Crippen molar-refractivity contribution in [2.24, 2.45) is 5.73 Å². The van der Waals surface area contributed by atoms with Gasteiger partial charge in [-0.3, -0.25) is 0 Å². The minimum absolute atomic E-state index is 0.500. The van der Waals surface area contributed by atoms with E-state index in [1.54, 1.807) is 0 Å². The van der Waals surface area contributed by atoms with Gasteiger partial charge in [-0.1, -0.05) is 18.2 Å². The van der Waals surface area contributed by atoms with Crippen LogP contribution in [-0.4, -0.2) is 11.5 Å². The lowest BCUT2D eigenvalue weighted by Crippen LogP contribution is -2.21. The van der Waals surface area contributed by atoms with Crippen molar-refractivity contribution in [2.75, 3.05) is 11.4 Å². The molecular formula is C16H18BrN3. The van der Waals surface area contributed by atoms with Crippen molar-refractivity contribution in [2.45, 2.75) is 25.8 Å². The van der Waals surface area contributed by atoms with Gasteiger partial charge in [0.25, 0.3) is 0 Å². The van der Waals surface area contributed by atoms with E-state index in [1.807, 2.05) is 6.20 Å². The highest BCUT2D eigenvalue weighted by Gasteiger charge is 2.19. The van der Waals surface area contributed by atoms with Crippen LogP contribution in [0, 0.1) is 0 Å². The third-order valence-electron chi connectivity index (χ3n) is 3.75. The van der Waals surface area contributed by atoms with Crippen LogP contribution in [-0.2, 0) is 13.0 Å². The van der Waals surface area contributed by atoms with Crippen molar-refractivity contribution in [3.8, 4) is 0 Å². The number of anilines is 2. The fraction of sp³-hybridized carbons (Fsp3) is 0.312. The second-order valence-electron chi connectivity index (χ2n) is 5.08. The van der Waals surface area contributed by atoms with Gasteiger partial charge in [0.1, 0.15) is 5.82 Å². The molecule has 1 aromatic carbocycles. The lowest BCUT2D eigenvalue weighted by Gasteiger charge is -2.26. The van der Waals surface area contributed by atoms with Crippen molar-refractivity contribution in [3.05, 3.63) is 52.1 Å². The highest BCUT2D eigenvalue weighted by molar-refractivity contribution is 9.10. The zero-order valence-electron chi connectivity index (χ0n) is 11.3. The molecule has 2 heterocycles. The summed E-state index contributed by atoms with van der Waals surface area (Å²) in [5.41, 5.74) is 9.65. The molecule has 0 amide bonds. The molecule has 20 heavy (non-hydrogen) atoms. The molecule has 0 radical (unpaired) electrons. The summed E-state index contributed by atoms with van der Waals surface area (Å²) < 4.78 is 0.977. The van der Waals surface area contributed by atoms with E-state index in [2.05, 4.69) is 56.1 Å². The van der Waals surface area contributed by atoms with Gasteiger partial charge in [0.15, 0.2) is 0 Å². The number of para-hydroxylation sites is 1. The highest BCUT2D eigenvalue weighted by Crippen LogP contribution is 2.33. The highest BCUT2D eigenvalue weighted by atomic mass is 79.9. The van der Waals surface area contributed by atoms with Gasteiger partial charge in [0.2, 0.25) is 0 Å². The number of fused-ring (bicyclic) bond motifs is 1. The zero-order chi connectivity index (χ0) is 13.9. The summed E-state index contributed by atoms with van der Waals surface area (Å²) in [5.74, 6) is 0.991. The van der Waals surface area contributed by atoms with Gasteiger partial charge in [0.05, 0.1) is 0 Å². The fourth-order valence-corrected chi connectivity index (χ4v) is 3.16. The van der Waals surface area contributed by atoms with Crippen LogP contribution in [0.3, 0.4) is 0 Å². The van der Waals surface area contributed by atoms with E-state index in [1.165, 1.54) is 24.1 Å². The molecule has 0 saturated heterocycles. The number of pyridine rings is 1. The zero-order valence-corrected chi connectivity index (χ0v) is 12.9. The van der Waals surface area contributed by atoms with Crippen LogP contribution in [0.2, 0.25) is 0 Å². The van der Waals surface area contributed by atoms with Gasteiger partial charge in [-0.15, -0.1) is 0 Å². The van der Waals surface area contributed by atoms with Gasteiger partial charge in [-0.05, 0) is 52.9 Å². The summed E-state index contributed by atoms with van der Waals surface area (Å²) >= 11 is 3.47. The van der Waals surface area contributed by atoms with Crippen LogP contribution >= 0.6 is 15.9 Å². The predicted molar refractivity (Wildman–Crippen MR) is 86.2 cm³/mol. The number of hydrogen-bond acceptors (Lipinski definition) is 3. The van der Waals surface area contributed by atoms with Gasteiger partial charge in [-0.2, -0.15) is 0 Å². The number of rotatable bonds is 2. The molecule has 3 rings (SSSR count).